The van der Waals surface area contributed by atoms with Crippen LogP contribution in [0, 0.1) is 19.8 Å². The number of carbonyl (C=O) groups is 1. The van der Waals surface area contributed by atoms with E-state index in [4.69, 9.17) is 4.74 Å². The van der Waals surface area contributed by atoms with Crippen LogP contribution in [0.25, 0.3) is 0 Å². The number of hydrogen-bond acceptors (Lipinski definition) is 4. The second-order valence-corrected chi connectivity index (χ2v) is 8.46. The van der Waals surface area contributed by atoms with E-state index in [-0.39, 0.29) is 18.0 Å². The summed E-state index contributed by atoms with van der Waals surface area (Å²) >= 11 is 0. The van der Waals surface area contributed by atoms with Crippen molar-refractivity contribution in [2.24, 2.45) is 5.92 Å². The van der Waals surface area contributed by atoms with Crippen molar-refractivity contribution in [3.05, 3.63) is 65.2 Å². The Morgan fingerprint density at radius 2 is 1.72 bits per heavy atom. The molecule has 29 heavy (non-hydrogen) atoms. The van der Waals surface area contributed by atoms with Crippen LogP contribution >= 0.6 is 0 Å². The van der Waals surface area contributed by atoms with Crippen LogP contribution in [0.2, 0.25) is 0 Å². The summed E-state index contributed by atoms with van der Waals surface area (Å²) in [4.78, 5) is 15.1. The summed E-state index contributed by atoms with van der Waals surface area (Å²) in [6.07, 6.45) is 2.93. The minimum atomic E-state index is -0.168. The second kappa shape index (κ2) is 8.97. The fourth-order valence-corrected chi connectivity index (χ4v) is 4.21. The van der Waals surface area contributed by atoms with Gasteiger partial charge >= 0.3 is 0 Å². The molecule has 2 aromatic carbocycles. The predicted octanol–water partition coefficient (Wildman–Crippen LogP) is 3.53. The van der Waals surface area contributed by atoms with Crippen LogP contribution in [0.1, 0.15) is 42.0 Å². The smallest absolute Gasteiger partial charge is 0.241 e. The molecule has 3 atom stereocenters. The maximum absolute atomic E-state index is 13.1. The molecule has 4 rings (SSSR count). The highest BCUT2D eigenvalue weighted by molar-refractivity contribution is 5.82. The summed E-state index contributed by atoms with van der Waals surface area (Å²) in [7, 11) is 0. The zero-order valence-corrected chi connectivity index (χ0v) is 17.4. The van der Waals surface area contributed by atoms with E-state index in [0.29, 0.717) is 12.5 Å². The maximum Gasteiger partial charge on any atom is 0.241 e. The molecule has 2 aliphatic rings. The molecule has 0 radical (unpaired) electrons. The molecule has 0 bridgehead atoms. The lowest BCUT2D eigenvalue weighted by Gasteiger charge is -2.34. The van der Waals surface area contributed by atoms with Gasteiger partial charge in [-0.2, -0.15) is 0 Å². The zero-order valence-electron chi connectivity index (χ0n) is 17.4. The molecule has 0 spiro atoms. The summed E-state index contributed by atoms with van der Waals surface area (Å²) < 4.78 is 5.97. The Hall–Kier alpha value is -2.37. The fraction of sp³-hybridized carbons (Fsp3) is 0.458. The van der Waals surface area contributed by atoms with E-state index in [1.54, 1.807) is 0 Å². The zero-order chi connectivity index (χ0) is 20.2. The van der Waals surface area contributed by atoms with Gasteiger partial charge in [0.15, 0.2) is 0 Å². The third-order valence-electron chi connectivity index (χ3n) is 6.02. The molecular weight excluding hydrogens is 362 g/mol. The Kier molecular flexibility index (Phi) is 6.16. The van der Waals surface area contributed by atoms with Crippen molar-refractivity contribution < 1.29 is 9.53 Å². The van der Waals surface area contributed by atoms with E-state index in [1.165, 1.54) is 16.7 Å². The van der Waals surface area contributed by atoms with Gasteiger partial charge in [0.25, 0.3) is 0 Å². The highest BCUT2D eigenvalue weighted by Gasteiger charge is 2.34. The standard InChI is InChI=1S/C24H31N3O2/c1-17-5-9-20(10-6-17)22-14-23(26-25-22)24(28)27-13-3-4-19(15-27)16-29-21-11-7-18(2)8-12-21/h5-12,19,22-23,25-26H,3-4,13-16H2,1-2H3. The third kappa shape index (κ3) is 4.98. The Morgan fingerprint density at radius 1 is 1.03 bits per heavy atom. The van der Waals surface area contributed by atoms with E-state index >= 15 is 0 Å². The van der Waals surface area contributed by atoms with Gasteiger partial charge in [0, 0.05) is 25.0 Å². The molecule has 0 aromatic heterocycles. The van der Waals surface area contributed by atoms with Gasteiger partial charge in [0.05, 0.1) is 6.61 Å². The Balaban J connectivity index is 1.29. The first-order valence-corrected chi connectivity index (χ1v) is 10.6. The number of carbonyl (C=O) groups excluding carboxylic acids is 1. The molecule has 2 aliphatic heterocycles. The molecule has 2 fully saturated rings. The quantitative estimate of drug-likeness (QED) is 0.816. The molecule has 2 N–H and O–H groups in total. The number of piperidine rings is 1. The lowest BCUT2D eigenvalue weighted by Crippen LogP contribution is -2.49. The normalized spacial score (nSPS) is 24.5. The van der Waals surface area contributed by atoms with E-state index in [1.807, 2.05) is 17.0 Å². The first-order valence-electron chi connectivity index (χ1n) is 10.6. The second-order valence-electron chi connectivity index (χ2n) is 8.46. The molecule has 2 aromatic rings. The van der Waals surface area contributed by atoms with E-state index in [0.717, 1.165) is 38.1 Å². The minimum Gasteiger partial charge on any atom is -0.493 e. The summed E-state index contributed by atoms with van der Waals surface area (Å²) in [6.45, 7) is 6.44. The Bertz CT molecular complexity index is 819. The van der Waals surface area contributed by atoms with Gasteiger partial charge in [0.2, 0.25) is 5.91 Å². The number of rotatable bonds is 5. The maximum atomic E-state index is 13.1. The largest absolute Gasteiger partial charge is 0.493 e. The van der Waals surface area contributed by atoms with Crippen LogP contribution in [0.3, 0.4) is 0 Å². The van der Waals surface area contributed by atoms with Crippen molar-refractivity contribution in [2.75, 3.05) is 19.7 Å². The highest BCUT2D eigenvalue weighted by Crippen LogP contribution is 2.25. The van der Waals surface area contributed by atoms with E-state index < -0.39 is 0 Å². The van der Waals surface area contributed by atoms with Gasteiger partial charge in [-0.05, 0) is 50.8 Å². The predicted molar refractivity (Wildman–Crippen MR) is 115 cm³/mol. The van der Waals surface area contributed by atoms with Crippen LogP contribution in [-0.2, 0) is 4.79 Å². The number of nitrogens with zero attached hydrogens (tertiary/aromatic N) is 1. The van der Waals surface area contributed by atoms with Crippen molar-refractivity contribution in [1.29, 1.82) is 0 Å². The van der Waals surface area contributed by atoms with Gasteiger partial charge in [-0.1, -0.05) is 47.5 Å². The summed E-state index contributed by atoms with van der Waals surface area (Å²) in [6, 6.07) is 16.7. The average Bonchev–Trinajstić information content (AvgIpc) is 3.24. The van der Waals surface area contributed by atoms with Crippen LogP contribution < -0.4 is 15.6 Å². The molecule has 154 valence electrons. The summed E-state index contributed by atoms with van der Waals surface area (Å²) in [5, 5.41) is 0. The molecule has 2 heterocycles. The minimum absolute atomic E-state index is 0.168. The van der Waals surface area contributed by atoms with Crippen LogP contribution in [0.4, 0.5) is 0 Å². The molecule has 0 saturated carbocycles. The molecular formula is C24H31N3O2. The Labute approximate surface area is 173 Å². The number of hydrogen-bond donors (Lipinski definition) is 2. The summed E-state index contributed by atoms with van der Waals surface area (Å²) in [5.74, 6) is 1.49. The van der Waals surface area contributed by atoms with Crippen molar-refractivity contribution in [3.8, 4) is 5.75 Å². The van der Waals surface area contributed by atoms with Crippen molar-refractivity contribution >= 4 is 5.91 Å². The number of nitrogens with one attached hydrogen (secondary N) is 2. The number of amides is 1. The van der Waals surface area contributed by atoms with E-state index in [2.05, 4.69) is 61.1 Å². The highest BCUT2D eigenvalue weighted by atomic mass is 16.5. The van der Waals surface area contributed by atoms with Crippen molar-refractivity contribution in [1.82, 2.24) is 15.8 Å². The van der Waals surface area contributed by atoms with E-state index in [9.17, 15) is 4.79 Å². The summed E-state index contributed by atoms with van der Waals surface area (Å²) in [5.41, 5.74) is 10.2. The molecule has 5 heteroatoms. The monoisotopic (exact) mass is 393 g/mol. The van der Waals surface area contributed by atoms with Crippen LogP contribution in [0.15, 0.2) is 48.5 Å². The first kappa shape index (κ1) is 19.9. The fourth-order valence-electron chi connectivity index (χ4n) is 4.21. The lowest BCUT2D eigenvalue weighted by molar-refractivity contribution is -0.135. The topological polar surface area (TPSA) is 53.6 Å². The SMILES string of the molecule is Cc1ccc(OCC2CCCN(C(=O)C3CC(c4ccc(C)cc4)NN3)C2)cc1. The number of aryl methyl sites for hydroxylation is 2. The average molecular weight is 394 g/mol. The molecule has 3 unspecified atom stereocenters. The first-order chi connectivity index (χ1) is 14.1. The van der Waals surface area contributed by atoms with Crippen LogP contribution in [-0.4, -0.2) is 36.5 Å². The molecule has 1 amide bonds. The van der Waals surface area contributed by atoms with Gasteiger partial charge in [-0.15, -0.1) is 0 Å². The molecule has 5 nitrogen and oxygen atoms in total. The Morgan fingerprint density at radius 3 is 2.45 bits per heavy atom. The number of benzene rings is 2. The number of ether oxygens (including phenoxy) is 1. The third-order valence-corrected chi connectivity index (χ3v) is 6.02. The van der Waals surface area contributed by atoms with Crippen molar-refractivity contribution in [3.63, 3.8) is 0 Å². The van der Waals surface area contributed by atoms with Gasteiger partial charge in [-0.25, -0.2) is 10.9 Å². The van der Waals surface area contributed by atoms with Gasteiger partial charge in [-0.3, -0.25) is 4.79 Å². The van der Waals surface area contributed by atoms with Crippen molar-refractivity contribution in [2.45, 2.75) is 45.2 Å². The van der Waals surface area contributed by atoms with Gasteiger partial charge < -0.3 is 9.64 Å². The molecule has 2 saturated heterocycles. The number of likely N-dealkylation sites (tertiary alicyclic amines) is 1. The molecule has 0 aliphatic carbocycles. The number of hydrazine groups is 1. The van der Waals surface area contributed by atoms with Gasteiger partial charge in [0.1, 0.15) is 11.8 Å². The lowest BCUT2D eigenvalue weighted by atomic mass is 9.96. The van der Waals surface area contributed by atoms with Crippen LogP contribution in [0.5, 0.6) is 5.75 Å².